The molecule has 1 N–H and O–H groups in total. The summed E-state index contributed by atoms with van der Waals surface area (Å²) in [4.78, 5) is 0. The van der Waals surface area contributed by atoms with Crippen molar-refractivity contribution in [2.24, 2.45) is 0 Å². The fourth-order valence-electron chi connectivity index (χ4n) is 2.42. The fourth-order valence-corrected chi connectivity index (χ4v) is 2.42. The number of hydrogen-bond acceptors (Lipinski definition) is 2. The lowest BCUT2D eigenvalue weighted by Crippen LogP contribution is -2.17. The smallest absolute Gasteiger partial charge is 0.127 e. The maximum atomic E-state index is 5.95. The van der Waals surface area contributed by atoms with Gasteiger partial charge in [0.05, 0.1) is 0 Å². The summed E-state index contributed by atoms with van der Waals surface area (Å²) in [5.41, 5.74) is 2.61. The zero-order valence-electron chi connectivity index (χ0n) is 13.2. The second-order valence-electron chi connectivity index (χ2n) is 5.35. The summed E-state index contributed by atoms with van der Waals surface area (Å²) in [6, 6.07) is 17.0. The van der Waals surface area contributed by atoms with E-state index in [2.05, 4.69) is 50.4 Å². The molecule has 0 fully saturated rings. The Morgan fingerprint density at radius 3 is 2.43 bits per heavy atom. The van der Waals surface area contributed by atoms with Crippen molar-refractivity contribution in [3.8, 4) is 11.5 Å². The molecule has 0 spiro atoms. The number of ether oxygens (including phenoxy) is 1. The number of hydrogen-bond donors (Lipinski definition) is 1. The van der Waals surface area contributed by atoms with Gasteiger partial charge in [-0.05, 0) is 55.3 Å². The quantitative estimate of drug-likeness (QED) is 0.763. The summed E-state index contributed by atoms with van der Waals surface area (Å²) >= 11 is 0. The third-order valence-corrected chi connectivity index (χ3v) is 3.57. The first-order valence-electron chi connectivity index (χ1n) is 7.83. The lowest BCUT2D eigenvalue weighted by molar-refractivity contribution is 0.480. The molecule has 1 atom stereocenters. The average molecular weight is 283 g/mol. The van der Waals surface area contributed by atoms with Crippen molar-refractivity contribution < 1.29 is 4.74 Å². The lowest BCUT2D eigenvalue weighted by Gasteiger charge is -2.14. The molecule has 0 saturated carbocycles. The van der Waals surface area contributed by atoms with Gasteiger partial charge in [0.25, 0.3) is 0 Å². The average Bonchev–Trinajstić information content (AvgIpc) is 2.50. The number of nitrogens with one attached hydrogen (secondary N) is 1. The van der Waals surface area contributed by atoms with E-state index in [1.165, 1.54) is 17.5 Å². The zero-order valence-corrected chi connectivity index (χ0v) is 13.2. The van der Waals surface area contributed by atoms with Gasteiger partial charge in [0.1, 0.15) is 11.5 Å². The van der Waals surface area contributed by atoms with Crippen LogP contribution in [0.25, 0.3) is 0 Å². The molecule has 112 valence electrons. The Morgan fingerprint density at radius 1 is 1.00 bits per heavy atom. The molecule has 1 unspecified atom stereocenters. The largest absolute Gasteiger partial charge is 0.457 e. The number of rotatable bonds is 7. The Labute approximate surface area is 128 Å². The second-order valence-corrected chi connectivity index (χ2v) is 5.35. The van der Waals surface area contributed by atoms with Crippen LogP contribution in [0.2, 0.25) is 0 Å². The van der Waals surface area contributed by atoms with Gasteiger partial charge in [-0.1, -0.05) is 44.5 Å². The molecule has 2 nitrogen and oxygen atoms in total. The molecule has 0 heterocycles. The third-order valence-electron chi connectivity index (χ3n) is 3.57. The Balaban J connectivity index is 2.06. The molecule has 0 aliphatic carbocycles. The predicted octanol–water partition coefficient (Wildman–Crippen LogP) is 5.10. The van der Waals surface area contributed by atoms with Crippen LogP contribution in [0, 0.1) is 0 Å². The van der Waals surface area contributed by atoms with Crippen molar-refractivity contribution in [2.75, 3.05) is 6.54 Å². The standard InChI is InChI=1S/C19H25NO/c1-4-7-16-10-12-18(13-11-16)21-19-9-6-8-17(14-19)15(3)20-5-2/h6,8-15,20H,4-5,7H2,1-3H3. The van der Waals surface area contributed by atoms with Crippen LogP contribution < -0.4 is 10.1 Å². The first-order valence-corrected chi connectivity index (χ1v) is 7.83. The van der Waals surface area contributed by atoms with Crippen LogP contribution in [0.3, 0.4) is 0 Å². The highest BCUT2D eigenvalue weighted by atomic mass is 16.5. The molecular formula is C19H25NO. The van der Waals surface area contributed by atoms with Crippen LogP contribution in [0.4, 0.5) is 0 Å². The van der Waals surface area contributed by atoms with Gasteiger partial charge in [0, 0.05) is 6.04 Å². The van der Waals surface area contributed by atoms with E-state index >= 15 is 0 Å². The topological polar surface area (TPSA) is 21.3 Å². The molecule has 0 aliphatic rings. The summed E-state index contributed by atoms with van der Waals surface area (Å²) in [6.07, 6.45) is 2.29. The summed E-state index contributed by atoms with van der Waals surface area (Å²) < 4.78 is 5.95. The van der Waals surface area contributed by atoms with E-state index in [1.54, 1.807) is 0 Å². The van der Waals surface area contributed by atoms with Crippen molar-refractivity contribution in [1.29, 1.82) is 0 Å². The minimum absolute atomic E-state index is 0.338. The fraction of sp³-hybridized carbons (Fsp3) is 0.368. The minimum Gasteiger partial charge on any atom is -0.457 e. The molecule has 2 aromatic carbocycles. The van der Waals surface area contributed by atoms with Gasteiger partial charge in [-0.15, -0.1) is 0 Å². The third kappa shape index (κ3) is 4.61. The Kier molecular flexibility index (Phi) is 5.82. The Hall–Kier alpha value is -1.80. The van der Waals surface area contributed by atoms with Gasteiger partial charge < -0.3 is 10.1 Å². The molecule has 0 aromatic heterocycles. The SMILES string of the molecule is CCCc1ccc(Oc2cccc(C(C)NCC)c2)cc1. The Bertz CT molecular complexity index is 548. The van der Waals surface area contributed by atoms with E-state index in [4.69, 9.17) is 4.74 Å². The van der Waals surface area contributed by atoms with Gasteiger partial charge in [0.15, 0.2) is 0 Å². The molecule has 0 bridgehead atoms. The van der Waals surface area contributed by atoms with Gasteiger partial charge >= 0.3 is 0 Å². The van der Waals surface area contributed by atoms with Crippen LogP contribution in [0.1, 0.15) is 44.4 Å². The van der Waals surface area contributed by atoms with Crippen LogP contribution in [-0.4, -0.2) is 6.54 Å². The lowest BCUT2D eigenvalue weighted by atomic mass is 10.1. The highest BCUT2D eigenvalue weighted by Crippen LogP contribution is 2.25. The summed E-state index contributed by atoms with van der Waals surface area (Å²) in [7, 11) is 0. The van der Waals surface area contributed by atoms with Gasteiger partial charge in [-0.2, -0.15) is 0 Å². The summed E-state index contributed by atoms with van der Waals surface area (Å²) in [6.45, 7) is 7.45. The molecule has 2 heteroatoms. The van der Waals surface area contributed by atoms with Crippen molar-refractivity contribution in [3.63, 3.8) is 0 Å². The summed E-state index contributed by atoms with van der Waals surface area (Å²) in [5.74, 6) is 1.78. The maximum absolute atomic E-state index is 5.95. The first-order chi connectivity index (χ1) is 10.2. The van der Waals surface area contributed by atoms with Gasteiger partial charge in [-0.25, -0.2) is 0 Å². The maximum Gasteiger partial charge on any atom is 0.127 e. The van der Waals surface area contributed by atoms with Crippen molar-refractivity contribution >= 4 is 0 Å². The van der Waals surface area contributed by atoms with Crippen LogP contribution in [0.15, 0.2) is 48.5 Å². The number of aryl methyl sites for hydroxylation is 1. The van der Waals surface area contributed by atoms with E-state index in [-0.39, 0.29) is 0 Å². The van der Waals surface area contributed by atoms with Crippen LogP contribution in [0.5, 0.6) is 11.5 Å². The van der Waals surface area contributed by atoms with E-state index < -0.39 is 0 Å². The van der Waals surface area contributed by atoms with Crippen LogP contribution in [-0.2, 0) is 6.42 Å². The minimum atomic E-state index is 0.338. The molecule has 0 aliphatic heterocycles. The number of benzene rings is 2. The first kappa shape index (κ1) is 15.6. The van der Waals surface area contributed by atoms with E-state index in [0.717, 1.165) is 24.5 Å². The highest BCUT2D eigenvalue weighted by molar-refractivity contribution is 5.36. The molecule has 0 radical (unpaired) electrons. The van der Waals surface area contributed by atoms with Crippen molar-refractivity contribution in [3.05, 3.63) is 59.7 Å². The molecule has 0 amide bonds. The zero-order chi connectivity index (χ0) is 15.1. The van der Waals surface area contributed by atoms with Gasteiger partial charge in [0.2, 0.25) is 0 Å². The Morgan fingerprint density at radius 2 is 1.76 bits per heavy atom. The van der Waals surface area contributed by atoms with Crippen LogP contribution >= 0.6 is 0 Å². The second kappa shape index (κ2) is 7.84. The van der Waals surface area contributed by atoms with E-state index in [1.807, 2.05) is 24.3 Å². The van der Waals surface area contributed by atoms with Gasteiger partial charge in [-0.3, -0.25) is 0 Å². The predicted molar refractivity (Wildman–Crippen MR) is 89.0 cm³/mol. The monoisotopic (exact) mass is 283 g/mol. The molecule has 2 rings (SSSR count). The highest BCUT2D eigenvalue weighted by Gasteiger charge is 2.05. The molecule has 2 aromatic rings. The van der Waals surface area contributed by atoms with E-state index in [9.17, 15) is 0 Å². The summed E-state index contributed by atoms with van der Waals surface area (Å²) in [5, 5.41) is 3.42. The van der Waals surface area contributed by atoms with Crippen molar-refractivity contribution in [2.45, 2.75) is 39.7 Å². The molecule has 0 saturated heterocycles. The molecule has 21 heavy (non-hydrogen) atoms. The van der Waals surface area contributed by atoms with Crippen molar-refractivity contribution in [1.82, 2.24) is 5.32 Å². The normalized spacial score (nSPS) is 12.1. The molecular weight excluding hydrogens is 258 g/mol. The van der Waals surface area contributed by atoms with E-state index in [0.29, 0.717) is 6.04 Å².